The van der Waals surface area contributed by atoms with Crippen molar-refractivity contribution in [2.75, 3.05) is 11.3 Å². The van der Waals surface area contributed by atoms with Crippen molar-refractivity contribution in [2.24, 2.45) is 0 Å². The van der Waals surface area contributed by atoms with E-state index < -0.39 is 10.0 Å². The Morgan fingerprint density at radius 2 is 2.21 bits per heavy atom. The zero-order chi connectivity index (χ0) is 14.0. The summed E-state index contributed by atoms with van der Waals surface area (Å²) in [7, 11) is -3.70. The van der Waals surface area contributed by atoms with Crippen molar-refractivity contribution < 1.29 is 13.5 Å². The first kappa shape index (κ1) is 13.6. The molecule has 0 amide bonds. The van der Waals surface area contributed by atoms with Crippen LogP contribution < -0.4 is 4.72 Å². The predicted octanol–water partition coefficient (Wildman–Crippen LogP) is 0.0161. The van der Waals surface area contributed by atoms with E-state index in [1.807, 2.05) is 0 Å². The molecule has 19 heavy (non-hydrogen) atoms. The number of aromatic amines is 1. The zero-order valence-corrected chi connectivity index (χ0v) is 11.4. The monoisotopic (exact) mass is 285 g/mol. The van der Waals surface area contributed by atoms with Gasteiger partial charge < -0.3 is 5.11 Å². The topological polar surface area (TPSA) is 113 Å². The minimum Gasteiger partial charge on any atom is -0.394 e. The van der Waals surface area contributed by atoms with Crippen LogP contribution in [0.5, 0.6) is 0 Å². The molecule has 0 atom stereocenters. The molecule has 0 aromatic carbocycles. The van der Waals surface area contributed by atoms with Crippen LogP contribution in [0.2, 0.25) is 0 Å². The lowest BCUT2D eigenvalue weighted by Crippen LogP contribution is -2.13. The van der Waals surface area contributed by atoms with Gasteiger partial charge in [0, 0.05) is 6.20 Å². The molecule has 0 bridgehead atoms. The molecule has 0 radical (unpaired) electrons. The second-order valence-corrected chi connectivity index (χ2v) is 5.76. The Morgan fingerprint density at radius 1 is 1.47 bits per heavy atom. The maximum atomic E-state index is 12.2. The number of aliphatic hydroxyl groups excluding tert-OH is 1. The number of hydrogen-bond acceptors (Lipinski definition) is 5. The maximum Gasteiger partial charge on any atom is 0.265 e. The van der Waals surface area contributed by atoms with Crippen molar-refractivity contribution in [2.45, 2.75) is 25.3 Å². The summed E-state index contributed by atoms with van der Waals surface area (Å²) in [6.07, 6.45) is 2.60. The largest absolute Gasteiger partial charge is 0.394 e. The molecule has 2 heterocycles. The molecule has 0 aliphatic carbocycles. The number of aliphatic hydroxyl groups is 1. The van der Waals surface area contributed by atoms with Crippen molar-refractivity contribution in [3.8, 4) is 0 Å². The van der Waals surface area contributed by atoms with Crippen LogP contribution in [0.15, 0.2) is 17.3 Å². The zero-order valence-electron chi connectivity index (χ0n) is 10.6. The van der Waals surface area contributed by atoms with Gasteiger partial charge >= 0.3 is 0 Å². The van der Waals surface area contributed by atoms with Crippen molar-refractivity contribution >= 4 is 15.7 Å². The lowest BCUT2D eigenvalue weighted by Gasteiger charge is -2.05. The maximum absolute atomic E-state index is 12.2. The number of aromatic nitrogens is 4. The summed E-state index contributed by atoms with van der Waals surface area (Å²) in [5.74, 6) is 0. The number of aryl methyl sites for hydroxylation is 2. The molecule has 2 aromatic rings. The van der Waals surface area contributed by atoms with Crippen LogP contribution in [-0.2, 0) is 16.6 Å². The normalized spacial score (nSPS) is 11.7. The SMILES string of the molecule is Cc1n[nH]c(C)c1NS(=O)(=O)c1cnn(CCO)c1. The van der Waals surface area contributed by atoms with E-state index >= 15 is 0 Å². The van der Waals surface area contributed by atoms with Gasteiger partial charge in [-0.15, -0.1) is 0 Å². The number of nitrogens with one attached hydrogen (secondary N) is 2. The summed E-state index contributed by atoms with van der Waals surface area (Å²) in [5, 5.41) is 19.3. The van der Waals surface area contributed by atoms with Gasteiger partial charge in [0.1, 0.15) is 4.90 Å². The second kappa shape index (κ2) is 5.02. The van der Waals surface area contributed by atoms with Crippen LogP contribution >= 0.6 is 0 Å². The van der Waals surface area contributed by atoms with Crippen molar-refractivity contribution in [3.63, 3.8) is 0 Å². The van der Waals surface area contributed by atoms with Gasteiger partial charge in [0.05, 0.1) is 36.4 Å². The van der Waals surface area contributed by atoms with E-state index in [1.54, 1.807) is 13.8 Å². The van der Waals surface area contributed by atoms with Crippen LogP contribution in [-0.4, -0.2) is 40.1 Å². The predicted molar refractivity (Wildman–Crippen MR) is 68.2 cm³/mol. The average Bonchev–Trinajstić information content (AvgIpc) is 2.92. The summed E-state index contributed by atoms with van der Waals surface area (Å²) < 4.78 is 28.1. The molecule has 0 aliphatic rings. The first-order valence-electron chi connectivity index (χ1n) is 5.61. The molecule has 8 nitrogen and oxygen atoms in total. The Kier molecular flexibility index (Phi) is 3.58. The smallest absolute Gasteiger partial charge is 0.265 e. The molecule has 0 aliphatic heterocycles. The molecule has 0 saturated heterocycles. The minimum atomic E-state index is -3.70. The second-order valence-electron chi connectivity index (χ2n) is 4.08. The molecule has 0 fully saturated rings. The molecular weight excluding hydrogens is 270 g/mol. The van der Waals surface area contributed by atoms with Crippen molar-refractivity contribution in [1.29, 1.82) is 0 Å². The fraction of sp³-hybridized carbons (Fsp3) is 0.400. The van der Waals surface area contributed by atoms with E-state index in [0.29, 0.717) is 17.1 Å². The van der Waals surface area contributed by atoms with Crippen molar-refractivity contribution in [1.82, 2.24) is 20.0 Å². The van der Waals surface area contributed by atoms with Gasteiger partial charge in [0.2, 0.25) is 0 Å². The third-order valence-electron chi connectivity index (χ3n) is 2.61. The van der Waals surface area contributed by atoms with Gasteiger partial charge in [-0.2, -0.15) is 10.2 Å². The fourth-order valence-electron chi connectivity index (χ4n) is 1.60. The first-order chi connectivity index (χ1) is 8.94. The van der Waals surface area contributed by atoms with Crippen LogP contribution in [0.4, 0.5) is 5.69 Å². The molecule has 0 saturated carbocycles. The number of rotatable bonds is 5. The van der Waals surface area contributed by atoms with E-state index in [-0.39, 0.29) is 18.0 Å². The standard InChI is InChI=1S/C10H15N5O3S/c1-7-10(8(2)13-12-7)14-19(17,18)9-5-11-15(6-9)3-4-16/h5-6,14,16H,3-4H2,1-2H3,(H,12,13). The highest BCUT2D eigenvalue weighted by molar-refractivity contribution is 7.92. The van der Waals surface area contributed by atoms with Gasteiger partial charge in [-0.3, -0.25) is 14.5 Å². The third kappa shape index (κ3) is 2.76. The highest BCUT2D eigenvalue weighted by atomic mass is 32.2. The van der Waals surface area contributed by atoms with Crippen LogP contribution in [0.25, 0.3) is 0 Å². The van der Waals surface area contributed by atoms with Gasteiger partial charge in [0.15, 0.2) is 0 Å². The number of H-pyrrole nitrogens is 1. The van der Waals surface area contributed by atoms with E-state index in [1.165, 1.54) is 17.1 Å². The Hall–Kier alpha value is -1.87. The summed E-state index contributed by atoms with van der Waals surface area (Å²) in [4.78, 5) is 0.0425. The quantitative estimate of drug-likeness (QED) is 0.716. The highest BCUT2D eigenvalue weighted by Crippen LogP contribution is 2.20. The first-order valence-corrected chi connectivity index (χ1v) is 7.10. The van der Waals surface area contributed by atoms with Crippen LogP contribution in [0.1, 0.15) is 11.4 Å². The summed E-state index contributed by atoms with van der Waals surface area (Å²) >= 11 is 0. The molecule has 9 heteroatoms. The molecule has 0 spiro atoms. The number of hydrogen-bond donors (Lipinski definition) is 3. The number of sulfonamides is 1. The van der Waals surface area contributed by atoms with Gasteiger partial charge in [-0.1, -0.05) is 0 Å². The Labute approximate surface area is 110 Å². The average molecular weight is 285 g/mol. The van der Waals surface area contributed by atoms with Crippen LogP contribution in [0.3, 0.4) is 0 Å². The molecule has 2 aromatic heterocycles. The molecular formula is C10H15N5O3S. The summed E-state index contributed by atoms with van der Waals surface area (Å²) in [5.41, 5.74) is 1.66. The highest BCUT2D eigenvalue weighted by Gasteiger charge is 2.19. The lowest BCUT2D eigenvalue weighted by molar-refractivity contribution is 0.269. The Morgan fingerprint density at radius 3 is 2.79 bits per heavy atom. The van der Waals surface area contributed by atoms with Crippen molar-refractivity contribution in [3.05, 3.63) is 23.8 Å². The Bertz CT molecular complexity index is 654. The number of nitrogens with zero attached hydrogens (tertiary/aromatic N) is 3. The van der Waals surface area contributed by atoms with Crippen LogP contribution in [0, 0.1) is 13.8 Å². The van der Waals surface area contributed by atoms with E-state index in [2.05, 4.69) is 20.0 Å². The molecule has 0 unspecified atom stereocenters. The van der Waals surface area contributed by atoms with Gasteiger partial charge in [-0.25, -0.2) is 8.42 Å². The Balaban J connectivity index is 2.27. The fourth-order valence-corrected chi connectivity index (χ4v) is 2.74. The molecule has 3 N–H and O–H groups in total. The molecule has 104 valence electrons. The van der Waals surface area contributed by atoms with Gasteiger partial charge in [-0.05, 0) is 13.8 Å². The third-order valence-corrected chi connectivity index (χ3v) is 3.92. The minimum absolute atomic E-state index is 0.0425. The molecule has 2 rings (SSSR count). The van der Waals surface area contributed by atoms with E-state index in [9.17, 15) is 8.42 Å². The van der Waals surface area contributed by atoms with Gasteiger partial charge in [0.25, 0.3) is 10.0 Å². The number of anilines is 1. The summed E-state index contributed by atoms with van der Waals surface area (Å²) in [6, 6.07) is 0. The van der Waals surface area contributed by atoms with E-state index in [4.69, 9.17) is 5.11 Å². The lowest BCUT2D eigenvalue weighted by atomic mass is 10.3. The van der Waals surface area contributed by atoms with E-state index in [0.717, 1.165) is 0 Å². The summed E-state index contributed by atoms with van der Waals surface area (Å²) in [6.45, 7) is 3.58.